The third-order valence-electron chi connectivity index (χ3n) is 4.87. The lowest BCUT2D eigenvalue weighted by Crippen LogP contribution is -2.14. The average molecular weight is 292 g/mol. The van der Waals surface area contributed by atoms with Gasteiger partial charge in [0.15, 0.2) is 11.6 Å². The summed E-state index contributed by atoms with van der Waals surface area (Å²) in [6, 6.07) is 5.59. The molecule has 1 fully saturated rings. The van der Waals surface area contributed by atoms with Crippen LogP contribution in [-0.4, -0.2) is 6.10 Å². The molecule has 1 unspecified atom stereocenters. The smallest absolute Gasteiger partial charge is 0.165 e. The molecule has 0 aromatic heterocycles. The summed E-state index contributed by atoms with van der Waals surface area (Å²) in [5, 5.41) is 0. The Bertz CT molecular complexity index is 435. The molecule has 1 atom stereocenters. The predicted molar refractivity (Wildman–Crippen MR) is 86.4 cm³/mol. The monoisotopic (exact) mass is 292 g/mol. The van der Waals surface area contributed by atoms with Gasteiger partial charge in [0.2, 0.25) is 0 Å². The van der Waals surface area contributed by atoms with E-state index in [1.807, 2.05) is 13.0 Å². The largest absolute Gasteiger partial charge is 0.488 e. The molecule has 0 spiro atoms. The molecule has 1 aliphatic carbocycles. The van der Waals surface area contributed by atoms with Crippen molar-refractivity contribution >= 4 is 0 Å². The first kappa shape index (κ1) is 16.3. The first-order valence-electron chi connectivity index (χ1n) is 8.60. The number of hydrogen-bond acceptors (Lipinski definition) is 1. The Balaban J connectivity index is 1.99. The highest BCUT2D eigenvalue weighted by Gasteiger charge is 2.22. The maximum atomic E-state index is 14.2. The zero-order valence-corrected chi connectivity index (χ0v) is 13.7. The van der Waals surface area contributed by atoms with Crippen molar-refractivity contribution in [3.05, 3.63) is 29.6 Å². The fourth-order valence-electron chi connectivity index (χ4n) is 3.45. The van der Waals surface area contributed by atoms with Crippen LogP contribution in [0.1, 0.15) is 77.2 Å². The molecule has 0 aliphatic heterocycles. The third-order valence-corrected chi connectivity index (χ3v) is 4.87. The summed E-state index contributed by atoms with van der Waals surface area (Å²) in [5.41, 5.74) is 1.15. The number of hydrogen-bond donors (Lipinski definition) is 0. The molecule has 2 heteroatoms. The van der Waals surface area contributed by atoms with Crippen molar-refractivity contribution in [2.75, 3.05) is 0 Å². The fraction of sp³-hybridized carbons (Fsp3) is 0.684. The van der Waals surface area contributed by atoms with Gasteiger partial charge in [-0.3, -0.25) is 0 Å². The van der Waals surface area contributed by atoms with E-state index in [0.717, 1.165) is 24.3 Å². The lowest BCUT2D eigenvalue weighted by Gasteiger charge is -2.28. The number of benzene rings is 1. The Labute approximate surface area is 128 Å². The van der Waals surface area contributed by atoms with E-state index in [1.165, 1.54) is 32.1 Å². The van der Waals surface area contributed by atoms with Gasteiger partial charge in [0.05, 0.1) is 6.10 Å². The minimum Gasteiger partial charge on any atom is -0.488 e. The van der Waals surface area contributed by atoms with E-state index in [4.69, 9.17) is 4.74 Å². The molecule has 0 amide bonds. The zero-order chi connectivity index (χ0) is 15.2. The molecule has 2 rings (SSSR count). The maximum absolute atomic E-state index is 14.2. The van der Waals surface area contributed by atoms with Gasteiger partial charge in [-0.05, 0) is 68.6 Å². The lowest BCUT2D eigenvalue weighted by molar-refractivity contribution is 0.200. The van der Waals surface area contributed by atoms with E-state index in [1.54, 1.807) is 6.07 Å². The van der Waals surface area contributed by atoms with Gasteiger partial charge in [-0.1, -0.05) is 32.8 Å². The van der Waals surface area contributed by atoms with E-state index in [0.29, 0.717) is 11.7 Å². The minimum absolute atomic E-state index is 0.0790. The van der Waals surface area contributed by atoms with Crippen molar-refractivity contribution in [1.29, 1.82) is 0 Å². The molecule has 0 bridgehead atoms. The molecular weight excluding hydrogens is 263 g/mol. The van der Waals surface area contributed by atoms with Gasteiger partial charge < -0.3 is 4.74 Å². The Hall–Kier alpha value is -1.05. The van der Waals surface area contributed by atoms with Crippen molar-refractivity contribution in [2.24, 2.45) is 5.92 Å². The number of halogens is 1. The predicted octanol–water partition coefficient (Wildman–Crippen LogP) is 6.08. The van der Waals surface area contributed by atoms with Crippen LogP contribution in [0.4, 0.5) is 4.39 Å². The van der Waals surface area contributed by atoms with E-state index < -0.39 is 0 Å². The highest BCUT2D eigenvalue weighted by atomic mass is 19.1. The highest BCUT2D eigenvalue weighted by Crippen LogP contribution is 2.38. The SMILES string of the molecule is CCCC(C)Oc1ccc(C2CCC(CC)CC2)cc1F. The lowest BCUT2D eigenvalue weighted by atomic mass is 9.78. The minimum atomic E-state index is -0.201. The second-order valence-electron chi connectivity index (χ2n) is 6.53. The summed E-state index contributed by atoms with van der Waals surface area (Å²) in [4.78, 5) is 0. The van der Waals surface area contributed by atoms with E-state index >= 15 is 0 Å². The summed E-state index contributed by atoms with van der Waals surface area (Å²) >= 11 is 0. The molecule has 1 aromatic rings. The molecule has 1 aliphatic rings. The normalized spacial score (nSPS) is 23.8. The Kier molecular flexibility index (Phi) is 6.08. The Morgan fingerprint density at radius 3 is 2.48 bits per heavy atom. The molecule has 21 heavy (non-hydrogen) atoms. The summed E-state index contributed by atoms with van der Waals surface area (Å²) in [6.07, 6.45) is 8.35. The van der Waals surface area contributed by atoms with Crippen LogP contribution in [0, 0.1) is 11.7 Å². The van der Waals surface area contributed by atoms with Gasteiger partial charge in [0, 0.05) is 0 Å². The Morgan fingerprint density at radius 1 is 1.19 bits per heavy atom. The fourth-order valence-corrected chi connectivity index (χ4v) is 3.45. The van der Waals surface area contributed by atoms with E-state index in [9.17, 15) is 4.39 Å². The molecule has 1 nitrogen and oxygen atoms in total. The van der Waals surface area contributed by atoms with Crippen molar-refractivity contribution < 1.29 is 9.13 Å². The summed E-state index contributed by atoms with van der Waals surface area (Å²) in [6.45, 7) is 6.39. The molecule has 0 radical (unpaired) electrons. The van der Waals surface area contributed by atoms with Gasteiger partial charge in [0.25, 0.3) is 0 Å². The summed E-state index contributed by atoms with van der Waals surface area (Å²) < 4.78 is 19.9. The van der Waals surface area contributed by atoms with Gasteiger partial charge in [-0.2, -0.15) is 0 Å². The van der Waals surface area contributed by atoms with Crippen molar-refractivity contribution in [3.63, 3.8) is 0 Å². The number of rotatable bonds is 6. The van der Waals surface area contributed by atoms with Crippen LogP contribution < -0.4 is 4.74 Å². The van der Waals surface area contributed by atoms with Crippen LogP contribution in [0.2, 0.25) is 0 Å². The molecule has 118 valence electrons. The second kappa shape index (κ2) is 7.82. The van der Waals surface area contributed by atoms with Crippen LogP contribution in [0.5, 0.6) is 5.75 Å². The third kappa shape index (κ3) is 4.46. The summed E-state index contributed by atoms with van der Waals surface area (Å²) in [5.74, 6) is 1.61. The van der Waals surface area contributed by atoms with Crippen LogP contribution in [0.25, 0.3) is 0 Å². The van der Waals surface area contributed by atoms with Gasteiger partial charge in [-0.15, -0.1) is 0 Å². The molecule has 0 saturated heterocycles. The zero-order valence-electron chi connectivity index (χ0n) is 13.7. The molecule has 1 aromatic carbocycles. The molecule has 0 N–H and O–H groups in total. The molecule has 1 saturated carbocycles. The first-order chi connectivity index (χ1) is 10.1. The molecular formula is C19H29FO. The summed E-state index contributed by atoms with van der Waals surface area (Å²) in [7, 11) is 0. The van der Waals surface area contributed by atoms with Crippen molar-refractivity contribution in [2.45, 2.75) is 77.7 Å². The van der Waals surface area contributed by atoms with Gasteiger partial charge in [0.1, 0.15) is 0 Å². The van der Waals surface area contributed by atoms with E-state index in [-0.39, 0.29) is 11.9 Å². The molecule has 0 heterocycles. The quantitative estimate of drug-likeness (QED) is 0.617. The topological polar surface area (TPSA) is 9.23 Å². The average Bonchev–Trinajstić information content (AvgIpc) is 2.50. The number of ether oxygens (including phenoxy) is 1. The highest BCUT2D eigenvalue weighted by molar-refractivity contribution is 5.31. The van der Waals surface area contributed by atoms with Crippen LogP contribution in [0.3, 0.4) is 0 Å². The van der Waals surface area contributed by atoms with Gasteiger partial charge >= 0.3 is 0 Å². The second-order valence-corrected chi connectivity index (χ2v) is 6.53. The van der Waals surface area contributed by atoms with Crippen LogP contribution in [-0.2, 0) is 0 Å². The maximum Gasteiger partial charge on any atom is 0.165 e. The van der Waals surface area contributed by atoms with Crippen LogP contribution >= 0.6 is 0 Å². The first-order valence-corrected chi connectivity index (χ1v) is 8.60. The van der Waals surface area contributed by atoms with Gasteiger partial charge in [-0.25, -0.2) is 4.39 Å². The van der Waals surface area contributed by atoms with Crippen LogP contribution in [0.15, 0.2) is 18.2 Å². The van der Waals surface area contributed by atoms with E-state index in [2.05, 4.69) is 19.9 Å². The Morgan fingerprint density at radius 2 is 1.90 bits per heavy atom. The van der Waals surface area contributed by atoms with Crippen molar-refractivity contribution in [1.82, 2.24) is 0 Å². The van der Waals surface area contributed by atoms with Crippen molar-refractivity contribution in [3.8, 4) is 5.75 Å². The standard InChI is InChI=1S/C19H29FO/c1-4-6-14(3)21-19-12-11-17(13-18(19)20)16-9-7-15(5-2)8-10-16/h11-16H,4-10H2,1-3H3.